The topological polar surface area (TPSA) is 104 Å². The Morgan fingerprint density at radius 2 is 1.95 bits per heavy atom. The Balaban J connectivity index is 2.53. The highest BCUT2D eigenvalue weighted by molar-refractivity contribution is 7.91. The lowest BCUT2D eigenvalue weighted by molar-refractivity contribution is -0.137. The first-order valence-corrected chi connectivity index (χ1v) is 7.57. The second-order valence-corrected chi connectivity index (χ2v) is 6.63. The standard InChI is InChI=1S/C11H16N2O5S/c1-2-5-13(8-10(14)15)11(16)12-9-3-6-19(17,18)7-4-9/h1,9H,3-8H2,(H,12,16)(H,14,15). The zero-order chi connectivity index (χ0) is 14.5. The number of carboxylic acid groups (broad SMARTS) is 1. The molecule has 1 fully saturated rings. The van der Waals surface area contributed by atoms with E-state index in [0.717, 1.165) is 4.90 Å². The second kappa shape index (κ2) is 6.43. The van der Waals surface area contributed by atoms with Gasteiger partial charge in [0.25, 0.3) is 0 Å². The molecule has 106 valence electrons. The molecule has 1 aliphatic heterocycles. The van der Waals surface area contributed by atoms with Crippen molar-refractivity contribution < 1.29 is 23.1 Å². The summed E-state index contributed by atoms with van der Waals surface area (Å²) >= 11 is 0. The van der Waals surface area contributed by atoms with Crippen molar-refractivity contribution in [3.63, 3.8) is 0 Å². The van der Waals surface area contributed by atoms with Gasteiger partial charge in [0.1, 0.15) is 16.4 Å². The van der Waals surface area contributed by atoms with Gasteiger partial charge in [-0.25, -0.2) is 13.2 Å². The second-order valence-electron chi connectivity index (χ2n) is 4.33. The largest absolute Gasteiger partial charge is 0.480 e. The zero-order valence-electron chi connectivity index (χ0n) is 10.3. The normalized spacial score (nSPS) is 18.3. The highest BCUT2D eigenvalue weighted by atomic mass is 32.2. The number of sulfone groups is 1. The molecule has 0 spiro atoms. The van der Waals surface area contributed by atoms with Crippen molar-refractivity contribution in [3.05, 3.63) is 0 Å². The van der Waals surface area contributed by atoms with E-state index >= 15 is 0 Å². The smallest absolute Gasteiger partial charge is 0.323 e. The maximum Gasteiger partial charge on any atom is 0.323 e. The molecule has 0 radical (unpaired) electrons. The van der Waals surface area contributed by atoms with E-state index in [0.29, 0.717) is 12.8 Å². The Morgan fingerprint density at radius 1 is 1.37 bits per heavy atom. The minimum Gasteiger partial charge on any atom is -0.480 e. The van der Waals surface area contributed by atoms with Crippen LogP contribution in [0, 0.1) is 12.3 Å². The van der Waals surface area contributed by atoms with Crippen LogP contribution in [0.4, 0.5) is 4.79 Å². The summed E-state index contributed by atoms with van der Waals surface area (Å²) in [7, 11) is -2.99. The number of terminal acetylenes is 1. The first kappa shape index (κ1) is 15.3. The maximum absolute atomic E-state index is 11.8. The lowest BCUT2D eigenvalue weighted by Gasteiger charge is -2.26. The highest BCUT2D eigenvalue weighted by Gasteiger charge is 2.26. The third-order valence-corrected chi connectivity index (χ3v) is 4.49. The number of hydrogen-bond donors (Lipinski definition) is 2. The van der Waals surface area contributed by atoms with Crippen LogP contribution in [0.1, 0.15) is 12.8 Å². The average molecular weight is 288 g/mol. The molecule has 1 rings (SSSR count). The van der Waals surface area contributed by atoms with Gasteiger partial charge in [0.2, 0.25) is 0 Å². The van der Waals surface area contributed by atoms with Crippen LogP contribution >= 0.6 is 0 Å². The summed E-state index contributed by atoms with van der Waals surface area (Å²) in [6, 6.07) is -0.838. The summed E-state index contributed by atoms with van der Waals surface area (Å²) in [4.78, 5) is 23.4. The number of aliphatic carboxylic acids is 1. The van der Waals surface area contributed by atoms with Crippen molar-refractivity contribution in [1.29, 1.82) is 0 Å². The molecule has 8 heteroatoms. The minimum absolute atomic E-state index is 0.0337. The number of nitrogens with one attached hydrogen (secondary N) is 1. The average Bonchev–Trinajstić information content (AvgIpc) is 2.31. The summed E-state index contributed by atoms with van der Waals surface area (Å²) in [6.07, 6.45) is 5.74. The summed E-state index contributed by atoms with van der Waals surface area (Å²) < 4.78 is 22.5. The number of nitrogens with zero attached hydrogens (tertiary/aromatic N) is 1. The lowest BCUT2D eigenvalue weighted by atomic mass is 10.1. The number of hydrogen-bond acceptors (Lipinski definition) is 4. The van der Waals surface area contributed by atoms with Crippen LogP contribution in [0.3, 0.4) is 0 Å². The summed E-state index contributed by atoms with van der Waals surface area (Å²) in [5, 5.41) is 11.3. The molecule has 19 heavy (non-hydrogen) atoms. The number of amides is 2. The molecule has 2 amide bonds. The maximum atomic E-state index is 11.8. The van der Waals surface area contributed by atoms with Crippen LogP contribution in [-0.4, -0.2) is 61.1 Å². The molecule has 0 aromatic heterocycles. The van der Waals surface area contributed by atoms with E-state index in [2.05, 4.69) is 11.2 Å². The van der Waals surface area contributed by atoms with Gasteiger partial charge < -0.3 is 15.3 Å². The number of carbonyl (C=O) groups is 2. The molecular weight excluding hydrogens is 272 g/mol. The molecular formula is C11H16N2O5S. The third-order valence-electron chi connectivity index (χ3n) is 2.78. The molecule has 2 N–H and O–H groups in total. The first-order valence-electron chi connectivity index (χ1n) is 5.75. The van der Waals surface area contributed by atoms with Gasteiger partial charge in [-0.3, -0.25) is 4.79 Å². The van der Waals surface area contributed by atoms with Crippen LogP contribution < -0.4 is 5.32 Å². The predicted molar refractivity (Wildman–Crippen MR) is 68.2 cm³/mol. The number of carbonyl (C=O) groups excluding carboxylic acids is 1. The molecule has 1 heterocycles. The molecule has 0 atom stereocenters. The number of urea groups is 1. The monoisotopic (exact) mass is 288 g/mol. The van der Waals surface area contributed by atoms with E-state index in [1.807, 2.05) is 0 Å². The van der Waals surface area contributed by atoms with E-state index in [-0.39, 0.29) is 24.1 Å². The summed E-state index contributed by atoms with van der Waals surface area (Å²) in [5.74, 6) is 1.12. The van der Waals surface area contributed by atoms with Gasteiger partial charge >= 0.3 is 12.0 Å². The van der Waals surface area contributed by atoms with Crippen LogP contribution in [0.5, 0.6) is 0 Å². The molecule has 1 aliphatic rings. The SMILES string of the molecule is C#CCN(CC(=O)O)C(=O)NC1CCS(=O)(=O)CC1. The van der Waals surface area contributed by atoms with Crippen LogP contribution in [0.15, 0.2) is 0 Å². The Morgan fingerprint density at radius 3 is 2.42 bits per heavy atom. The first-order chi connectivity index (χ1) is 8.84. The Bertz CT molecular complexity index is 480. The minimum atomic E-state index is -2.99. The Hall–Kier alpha value is -1.75. The van der Waals surface area contributed by atoms with E-state index in [1.165, 1.54) is 0 Å². The number of carboxylic acids is 1. The summed E-state index contributed by atoms with van der Waals surface area (Å²) in [6.45, 7) is -0.593. The van der Waals surface area contributed by atoms with Crippen molar-refractivity contribution in [2.24, 2.45) is 0 Å². The lowest BCUT2D eigenvalue weighted by Crippen LogP contribution is -2.49. The van der Waals surface area contributed by atoms with Crippen LogP contribution in [0.25, 0.3) is 0 Å². The predicted octanol–water partition coefficient (Wildman–Crippen LogP) is -0.707. The van der Waals surface area contributed by atoms with E-state index in [1.54, 1.807) is 0 Å². The van der Waals surface area contributed by atoms with Gasteiger partial charge in [0.05, 0.1) is 18.1 Å². The van der Waals surface area contributed by atoms with Gasteiger partial charge in [-0.15, -0.1) is 6.42 Å². The third kappa shape index (κ3) is 5.18. The number of rotatable bonds is 4. The fraction of sp³-hybridized carbons (Fsp3) is 0.636. The molecule has 0 aromatic carbocycles. The highest BCUT2D eigenvalue weighted by Crippen LogP contribution is 2.12. The molecule has 1 saturated heterocycles. The molecule has 0 unspecified atom stereocenters. The Labute approximate surface area is 111 Å². The van der Waals surface area contributed by atoms with Crippen molar-refractivity contribution in [1.82, 2.24) is 10.2 Å². The van der Waals surface area contributed by atoms with Gasteiger partial charge in [-0.1, -0.05) is 5.92 Å². The van der Waals surface area contributed by atoms with Gasteiger partial charge in [-0.05, 0) is 12.8 Å². The summed E-state index contributed by atoms with van der Waals surface area (Å²) in [5.41, 5.74) is 0. The van der Waals surface area contributed by atoms with Crippen LogP contribution in [0.2, 0.25) is 0 Å². The van der Waals surface area contributed by atoms with Gasteiger partial charge in [0, 0.05) is 6.04 Å². The van der Waals surface area contributed by atoms with Crippen LogP contribution in [-0.2, 0) is 14.6 Å². The Kier molecular flexibility index (Phi) is 5.18. The fourth-order valence-corrected chi connectivity index (χ4v) is 3.26. The zero-order valence-corrected chi connectivity index (χ0v) is 11.1. The van der Waals surface area contributed by atoms with Gasteiger partial charge in [0.15, 0.2) is 0 Å². The molecule has 7 nitrogen and oxygen atoms in total. The quantitative estimate of drug-likeness (QED) is 0.665. The van der Waals surface area contributed by atoms with E-state index < -0.39 is 28.4 Å². The van der Waals surface area contributed by atoms with E-state index in [9.17, 15) is 18.0 Å². The molecule has 0 aromatic rings. The molecule has 0 saturated carbocycles. The van der Waals surface area contributed by atoms with Crippen molar-refractivity contribution in [2.75, 3.05) is 24.6 Å². The molecule has 0 bridgehead atoms. The fourth-order valence-electron chi connectivity index (χ4n) is 1.77. The van der Waals surface area contributed by atoms with E-state index in [4.69, 9.17) is 11.5 Å². The van der Waals surface area contributed by atoms with Crippen molar-refractivity contribution in [3.8, 4) is 12.3 Å². The molecule has 0 aliphatic carbocycles. The van der Waals surface area contributed by atoms with Gasteiger partial charge in [-0.2, -0.15) is 0 Å². The van der Waals surface area contributed by atoms with Crippen molar-refractivity contribution >= 4 is 21.8 Å². The van der Waals surface area contributed by atoms with Crippen molar-refractivity contribution in [2.45, 2.75) is 18.9 Å².